The number of Topliss-reactive ketones (excluding diaryl/α,β-unsaturated/α-hetero) is 1. The summed E-state index contributed by atoms with van der Waals surface area (Å²) in [6, 6.07) is 2.73. The van der Waals surface area contributed by atoms with Gasteiger partial charge >= 0.3 is 0 Å². The third-order valence-electron chi connectivity index (χ3n) is 3.07. The van der Waals surface area contributed by atoms with Crippen LogP contribution in [0.25, 0.3) is 0 Å². The molecule has 1 fully saturated rings. The zero-order valence-electron chi connectivity index (χ0n) is 10.1. The normalized spacial score (nSPS) is 22.1. The van der Waals surface area contributed by atoms with E-state index in [2.05, 4.69) is 0 Å². The maximum atomic E-state index is 13.4. The molecule has 0 spiro atoms. The molecule has 6 heteroatoms. The van der Waals surface area contributed by atoms with Crippen LogP contribution in [-0.4, -0.2) is 22.8 Å². The molecule has 0 aromatic heterocycles. The molecule has 1 aliphatic carbocycles. The molecular weight excluding hydrogens is 297 g/mol. The molecule has 0 radical (unpaired) electrons. The van der Waals surface area contributed by atoms with Crippen LogP contribution in [0.3, 0.4) is 0 Å². The van der Waals surface area contributed by atoms with Gasteiger partial charge < -0.3 is 4.74 Å². The lowest BCUT2D eigenvalue weighted by Gasteiger charge is -2.12. The highest BCUT2D eigenvalue weighted by molar-refractivity contribution is 6.50. The van der Waals surface area contributed by atoms with E-state index in [1.165, 1.54) is 6.92 Å². The van der Waals surface area contributed by atoms with Gasteiger partial charge in [0, 0.05) is 5.92 Å². The van der Waals surface area contributed by atoms with E-state index in [1.54, 1.807) is 0 Å². The van der Waals surface area contributed by atoms with Crippen LogP contribution in [0.5, 0.6) is 0 Å². The lowest BCUT2D eigenvalue weighted by atomic mass is 10.1. The number of hydrogen-bond donors (Lipinski definition) is 0. The molecule has 19 heavy (non-hydrogen) atoms. The van der Waals surface area contributed by atoms with Crippen molar-refractivity contribution in [3.63, 3.8) is 0 Å². The summed E-state index contributed by atoms with van der Waals surface area (Å²) in [4.78, 5) is 11.9. The molecule has 0 heterocycles. The monoisotopic (exact) mass is 308 g/mol. The van der Waals surface area contributed by atoms with Gasteiger partial charge in [-0.05, 0) is 31.5 Å². The van der Waals surface area contributed by atoms with Crippen LogP contribution < -0.4 is 0 Å². The van der Waals surface area contributed by atoms with Crippen LogP contribution in [-0.2, 0) is 4.74 Å². The predicted octanol–water partition coefficient (Wildman–Crippen LogP) is 3.75. The molecule has 1 saturated carbocycles. The molecule has 0 N–H and O–H groups in total. The van der Waals surface area contributed by atoms with E-state index >= 15 is 0 Å². The number of carbonyl (C=O) groups is 1. The van der Waals surface area contributed by atoms with Gasteiger partial charge in [0.2, 0.25) is 0 Å². The van der Waals surface area contributed by atoms with Crippen LogP contribution in [0, 0.1) is 17.6 Å². The van der Waals surface area contributed by atoms with Crippen molar-refractivity contribution in [2.45, 2.75) is 23.8 Å². The summed E-state index contributed by atoms with van der Waals surface area (Å²) >= 11 is 11.6. The van der Waals surface area contributed by atoms with Crippen molar-refractivity contribution in [1.82, 2.24) is 0 Å². The first kappa shape index (κ1) is 14.7. The van der Waals surface area contributed by atoms with E-state index in [-0.39, 0.29) is 18.1 Å². The number of ether oxygens (including phenoxy) is 1. The molecule has 0 bridgehead atoms. The van der Waals surface area contributed by atoms with Gasteiger partial charge in [-0.3, -0.25) is 4.79 Å². The van der Waals surface area contributed by atoms with Gasteiger partial charge in [0.15, 0.2) is 5.78 Å². The Morgan fingerprint density at radius 3 is 2.74 bits per heavy atom. The summed E-state index contributed by atoms with van der Waals surface area (Å²) in [5.41, 5.74) is -0.314. The predicted molar refractivity (Wildman–Crippen MR) is 68.6 cm³/mol. The molecule has 2 nitrogen and oxygen atoms in total. The van der Waals surface area contributed by atoms with Gasteiger partial charge in [0.1, 0.15) is 22.1 Å². The summed E-state index contributed by atoms with van der Waals surface area (Å²) in [6.07, 6.45) is -0.272. The Hall–Kier alpha value is -0.710. The van der Waals surface area contributed by atoms with Crippen LogP contribution in [0.1, 0.15) is 23.7 Å². The third kappa shape index (κ3) is 3.44. The minimum atomic E-state index is -0.874. The highest BCUT2D eigenvalue weighted by Crippen LogP contribution is 2.53. The van der Waals surface area contributed by atoms with Crippen molar-refractivity contribution in [1.29, 1.82) is 0 Å². The quantitative estimate of drug-likeness (QED) is 0.612. The fraction of sp³-hybridized carbons (Fsp3) is 0.462. The number of carbonyl (C=O) groups excluding carboxylic acids is 1. The van der Waals surface area contributed by atoms with Crippen molar-refractivity contribution in [3.8, 4) is 0 Å². The fourth-order valence-electron chi connectivity index (χ4n) is 1.69. The molecule has 1 aromatic carbocycles. The van der Waals surface area contributed by atoms with Gasteiger partial charge in [0.25, 0.3) is 0 Å². The zero-order chi connectivity index (χ0) is 14.2. The number of halogens is 4. The minimum Gasteiger partial charge on any atom is -0.370 e. The van der Waals surface area contributed by atoms with Crippen molar-refractivity contribution >= 4 is 29.0 Å². The first-order chi connectivity index (χ1) is 8.81. The summed E-state index contributed by atoms with van der Waals surface area (Å²) in [5, 5.41) is 0. The Bertz CT molecular complexity index is 505. The molecule has 2 unspecified atom stereocenters. The first-order valence-electron chi connectivity index (χ1n) is 5.80. The van der Waals surface area contributed by atoms with Crippen LogP contribution in [0.4, 0.5) is 8.78 Å². The topological polar surface area (TPSA) is 26.3 Å². The van der Waals surface area contributed by atoms with E-state index < -0.39 is 27.9 Å². The second-order valence-corrected chi connectivity index (χ2v) is 6.17. The van der Waals surface area contributed by atoms with Crippen molar-refractivity contribution < 1.29 is 18.3 Å². The summed E-state index contributed by atoms with van der Waals surface area (Å²) < 4.78 is 31.0. The van der Waals surface area contributed by atoms with Crippen LogP contribution >= 0.6 is 23.2 Å². The maximum Gasteiger partial charge on any atom is 0.194 e. The first-order valence-corrected chi connectivity index (χ1v) is 6.55. The Kier molecular flexibility index (Phi) is 4.14. The van der Waals surface area contributed by atoms with Crippen molar-refractivity contribution in [3.05, 3.63) is 35.4 Å². The van der Waals surface area contributed by atoms with Gasteiger partial charge in [-0.15, -0.1) is 23.2 Å². The Morgan fingerprint density at radius 1 is 1.53 bits per heavy atom. The molecule has 1 aromatic rings. The molecule has 0 saturated heterocycles. The smallest absolute Gasteiger partial charge is 0.194 e. The third-order valence-corrected chi connectivity index (χ3v) is 3.99. The molecule has 2 rings (SSSR count). The maximum absolute atomic E-state index is 13.4. The molecule has 1 aliphatic rings. The highest BCUT2D eigenvalue weighted by atomic mass is 35.5. The van der Waals surface area contributed by atoms with E-state index in [9.17, 15) is 13.6 Å². The lowest BCUT2D eigenvalue weighted by molar-refractivity contribution is 0.0435. The SMILES string of the molecule is CC(OCC1CC1(Cl)Cl)C(=O)c1cc(F)ccc1F. The Balaban J connectivity index is 1.97. The minimum absolute atomic E-state index is 0.0246. The van der Waals surface area contributed by atoms with Gasteiger partial charge in [-0.2, -0.15) is 0 Å². The number of benzene rings is 1. The summed E-state index contributed by atoms with van der Waals surface area (Å²) in [7, 11) is 0. The lowest BCUT2D eigenvalue weighted by Crippen LogP contribution is -2.23. The number of ketones is 1. The van der Waals surface area contributed by atoms with E-state index in [0.29, 0.717) is 6.42 Å². The second kappa shape index (κ2) is 5.35. The van der Waals surface area contributed by atoms with Gasteiger partial charge in [-0.1, -0.05) is 0 Å². The van der Waals surface area contributed by atoms with E-state index in [0.717, 1.165) is 18.2 Å². The Morgan fingerprint density at radius 2 is 2.16 bits per heavy atom. The standard InChI is InChI=1S/C13H12Cl2F2O2/c1-7(19-6-8-5-13(8,14)15)12(18)10-4-9(16)2-3-11(10)17/h2-4,7-8H,5-6H2,1H3. The number of alkyl halides is 2. The molecule has 0 aliphatic heterocycles. The van der Waals surface area contributed by atoms with E-state index in [1.807, 2.05) is 0 Å². The van der Waals surface area contributed by atoms with Gasteiger partial charge in [-0.25, -0.2) is 8.78 Å². The fourth-order valence-corrected chi connectivity index (χ4v) is 2.19. The summed E-state index contributed by atoms with van der Waals surface area (Å²) in [5.74, 6) is -2.06. The Labute approximate surface area is 119 Å². The summed E-state index contributed by atoms with van der Waals surface area (Å²) in [6.45, 7) is 1.70. The van der Waals surface area contributed by atoms with E-state index in [4.69, 9.17) is 27.9 Å². The largest absolute Gasteiger partial charge is 0.370 e. The number of hydrogen-bond acceptors (Lipinski definition) is 2. The highest BCUT2D eigenvalue weighted by Gasteiger charge is 2.51. The average Bonchev–Trinajstić information content (AvgIpc) is 2.96. The molecule has 2 atom stereocenters. The van der Waals surface area contributed by atoms with Gasteiger partial charge in [0.05, 0.1) is 12.2 Å². The second-order valence-electron chi connectivity index (χ2n) is 4.63. The average molecular weight is 309 g/mol. The molecular formula is C13H12Cl2F2O2. The van der Waals surface area contributed by atoms with Crippen molar-refractivity contribution in [2.75, 3.05) is 6.61 Å². The van der Waals surface area contributed by atoms with Crippen LogP contribution in [0.15, 0.2) is 18.2 Å². The van der Waals surface area contributed by atoms with Crippen molar-refractivity contribution in [2.24, 2.45) is 5.92 Å². The molecule has 104 valence electrons. The number of rotatable bonds is 5. The van der Waals surface area contributed by atoms with Crippen LogP contribution in [0.2, 0.25) is 0 Å². The zero-order valence-corrected chi connectivity index (χ0v) is 11.6. The molecule has 0 amide bonds.